The van der Waals surface area contributed by atoms with Crippen LogP contribution in [0.4, 0.5) is 0 Å². The molecule has 11 rings (SSSR count). The molecule has 0 aliphatic heterocycles. The molecule has 0 saturated carbocycles. The molecule has 1 heterocycles. The molecule has 1 aromatic heterocycles. The average Bonchev–Trinajstić information content (AvgIpc) is 3.68. The highest BCUT2D eigenvalue weighted by Crippen LogP contribution is 2.53. The van der Waals surface area contributed by atoms with Gasteiger partial charge in [0.15, 0.2) is 0 Å². The van der Waals surface area contributed by atoms with Crippen molar-refractivity contribution in [1.82, 2.24) is 0 Å². The molecule has 0 bridgehead atoms. The predicted molar refractivity (Wildman–Crippen MR) is 226 cm³/mol. The first-order chi connectivity index (χ1) is 25.6. The topological polar surface area (TPSA) is 0 Å². The second-order valence-corrected chi connectivity index (χ2v) is 15.9. The molecule has 0 N–H and O–H groups in total. The predicted octanol–water partition coefficient (Wildman–Crippen LogP) is 14.8. The van der Waals surface area contributed by atoms with Crippen LogP contribution in [-0.2, 0) is 5.41 Å². The van der Waals surface area contributed by atoms with Crippen LogP contribution in [-0.4, -0.2) is 0 Å². The molecular weight excluding hydrogens is 645 g/mol. The summed E-state index contributed by atoms with van der Waals surface area (Å²) in [6.45, 7) is 4.82. The van der Waals surface area contributed by atoms with Gasteiger partial charge in [0, 0.05) is 25.6 Å². The molecule has 0 atom stereocenters. The van der Waals surface area contributed by atoms with Crippen LogP contribution in [0.25, 0.3) is 97.0 Å². The van der Waals surface area contributed by atoms with E-state index in [0.717, 1.165) is 0 Å². The van der Waals surface area contributed by atoms with Gasteiger partial charge in [-0.05, 0) is 112 Å². The fourth-order valence-corrected chi connectivity index (χ4v) is 10.4. The van der Waals surface area contributed by atoms with E-state index in [1.807, 2.05) is 11.3 Å². The summed E-state index contributed by atoms with van der Waals surface area (Å²) in [5, 5.41) is 10.5. The van der Waals surface area contributed by atoms with E-state index in [4.69, 9.17) is 0 Å². The van der Waals surface area contributed by atoms with Crippen LogP contribution in [0.2, 0.25) is 0 Å². The van der Waals surface area contributed by atoms with Crippen molar-refractivity contribution < 1.29 is 0 Å². The van der Waals surface area contributed by atoms with E-state index in [0.29, 0.717) is 0 Å². The first-order valence-electron chi connectivity index (χ1n) is 18.2. The minimum Gasteiger partial charge on any atom is -0.135 e. The first kappa shape index (κ1) is 29.7. The van der Waals surface area contributed by atoms with Crippen molar-refractivity contribution in [3.05, 3.63) is 181 Å². The smallest absolute Gasteiger partial charge is 0.0368 e. The Balaban J connectivity index is 1.09. The molecule has 1 heteroatoms. The van der Waals surface area contributed by atoms with Crippen LogP contribution in [0, 0.1) is 0 Å². The SMILES string of the molecule is CC1(C)c2cc(-c3c4ccccc4c(-c4ccccc4)c4ccccc34)ccc2-c2ccc(-c3cc4sc5ccccc5c4c4ccccc34)cc21. The Labute approximate surface area is 307 Å². The molecule has 10 aromatic rings. The van der Waals surface area contributed by atoms with Gasteiger partial charge in [0.05, 0.1) is 0 Å². The highest BCUT2D eigenvalue weighted by Gasteiger charge is 2.36. The summed E-state index contributed by atoms with van der Waals surface area (Å²) in [5.41, 5.74) is 13.0. The number of hydrogen-bond acceptors (Lipinski definition) is 1. The second-order valence-electron chi connectivity index (χ2n) is 14.8. The lowest BCUT2D eigenvalue weighted by Crippen LogP contribution is -2.15. The molecule has 52 heavy (non-hydrogen) atoms. The zero-order valence-corrected chi connectivity index (χ0v) is 29.9. The summed E-state index contributed by atoms with van der Waals surface area (Å²) in [6.07, 6.45) is 0. The second kappa shape index (κ2) is 11.0. The van der Waals surface area contributed by atoms with Crippen LogP contribution >= 0.6 is 11.3 Å². The summed E-state index contributed by atoms with van der Waals surface area (Å²) in [4.78, 5) is 0. The van der Waals surface area contributed by atoms with E-state index >= 15 is 0 Å². The maximum absolute atomic E-state index is 2.49. The van der Waals surface area contributed by atoms with Crippen molar-refractivity contribution >= 4 is 63.8 Å². The lowest BCUT2D eigenvalue weighted by atomic mass is 9.79. The summed E-state index contributed by atoms with van der Waals surface area (Å²) >= 11 is 1.90. The standard InChI is InChI=1S/C51H34S/c1-51(2)44-28-32(43-30-47-50(37-17-7-6-16-34(37)43)42-22-12-13-23-46(42)52-47)24-26-35(44)36-27-25-33(29-45(36)51)49-40-20-10-8-18-38(40)48(31-14-4-3-5-15-31)39-19-9-11-21-41(39)49/h3-30H,1-2H3. The van der Waals surface area contributed by atoms with Gasteiger partial charge in [-0.15, -0.1) is 11.3 Å². The van der Waals surface area contributed by atoms with Gasteiger partial charge in [0.2, 0.25) is 0 Å². The minimum absolute atomic E-state index is 0.163. The number of hydrogen-bond donors (Lipinski definition) is 0. The van der Waals surface area contributed by atoms with Gasteiger partial charge in [0.25, 0.3) is 0 Å². The van der Waals surface area contributed by atoms with Crippen molar-refractivity contribution in [2.24, 2.45) is 0 Å². The highest BCUT2D eigenvalue weighted by molar-refractivity contribution is 7.26. The fraction of sp³-hybridized carbons (Fsp3) is 0.0588. The molecule has 0 nitrogen and oxygen atoms in total. The monoisotopic (exact) mass is 678 g/mol. The molecule has 0 spiro atoms. The molecule has 0 unspecified atom stereocenters. The molecule has 0 fully saturated rings. The largest absolute Gasteiger partial charge is 0.135 e. The van der Waals surface area contributed by atoms with Gasteiger partial charge in [-0.3, -0.25) is 0 Å². The molecule has 0 saturated heterocycles. The third-order valence-electron chi connectivity index (χ3n) is 11.7. The summed E-state index contributed by atoms with van der Waals surface area (Å²) in [6, 6.07) is 63.4. The Morgan fingerprint density at radius 2 is 0.827 bits per heavy atom. The zero-order valence-electron chi connectivity index (χ0n) is 29.1. The van der Waals surface area contributed by atoms with E-state index in [1.54, 1.807) is 0 Å². The van der Waals surface area contributed by atoms with E-state index in [-0.39, 0.29) is 5.41 Å². The van der Waals surface area contributed by atoms with Crippen LogP contribution in [0.15, 0.2) is 170 Å². The number of fused-ring (bicyclic) bond motifs is 10. The van der Waals surface area contributed by atoms with Crippen molar-refractivity contribution in [3.63, 3.8) is 0 Å². The molecule has 244 valence electrons. The van der Waals surface area contributed by atoms with Crippen LogP contribution in [0.5, 0.6) is 0 Å². The molecule has 0 amide bonds. The normalized spacial score (nSPS) is 13.3. The average molecular weight is 679 g/mol. The minimum atomic E-state index is -0.163. The lowest BCUT2D eigenvalue weighted by molar-refractivity contribution is 0.661. The number of rotatable bonds is 3. The Hall–Kier alpha value is -6.02. The van der Waals surface area contributed by atoms with Crippen LogP contribution < -0.4 is 0 Å². The van der Waals surface area contributed by atoms with Crippen molar-refractivity contribution in [2.45, 2.75) is 19.3 Å². The van der Waals surface area contributed by atoms with Crippen LogP contribution in [0.1, 0.15) is 25.0 Å². The van der Waals surface area contributed by atoms with E-state index < -0.39 is 0 Å². The van der Waals surface area contributed by atoms with Crippen molar-refractivity contribution in [2.75, 3.05) is 0 Å². The number of thiophene rings is 1. The maximum atomic E-state index is 2.49. The Morgan fingerprint density at radius 1 is 0.346 bits per heavy atom. The van der Waals surface area contributed by atoms with E-state index in [2.05, 4.69) is 184 Å². The van der Waals surface area contributed by atoms with E-state index in [9.17, 15) is 0 Å². The molecular formula is C51H34S. The van der Waals surface area contributed by atoms with Crippen molar-refractivity contribution in [3.8, 4) is 44.5 Å². The van der Waals surface area contributed by atoms with Gasteiger partial charge in [-0.2, -0.15) is 0 Å². The zero-order chi connectivity index (χ0) is 34.6. The van der Waals surface area contributed by atoms with Gasteiger partial charge in [-0.1, -0.05) is 159 Å². The Kier molecular flexibility index (Phi) is 6.27. The third kappa shape index (κ3) is 4.15. The maximum Gasteiger partial charge on any atom is 0.0368 e. The highest BCUT2D eigenvalue weighted by atomic mass is 32.1. The Bertz CT molecular complexity index is 3030. The van der Waals surface area contributed by atoms with E-state index in [1.165, 1.54) is 108 Å². The fourth-order valence-electron chi connectivity index (χ4n) is 9.24. The van der Waals surface area contributed by atoms with Gasteiger partial charge < -0.3 is 0 Å². The molecule has 1 aliphatic carbocycles. The molecule has 9 aromatic carbocycles. The molecule has 1 aliphatic rings. The first-order valence-corrected chi connectivity index (χ1v) is 19.0. The third-order valence-corrected chi connectivity index (χ3v) is 12.8. The quantitative estimate of drug-likeness (QED) is 0.163. The number of benzene rings is 9. The summed E-state index contributed by atoms with van der Waals surface area (Å²) in [5.74, 6) is 0. The lowest BCUT2D eigenvalue weighted by Gasteiger charge is -2.23. The van der Waals surface area contributed by atoms with Gasteiger partial charge >= 0.3 is 0 Å². The van der Waals surface area contributed by atoms with Gasteiger partial charge in [-0.25, -0.2) is 0 Å². The molecule has 0 radical (unpaired) electrons. The summed E-state index contributed by atoms with van der Waals surface area (Å²) in [7, 11) is 0. The Morgan fingerprint density at radius 3 is 1.46 bits per heavy atom. The van der Waals surface area contributed by atoms with Crippen LogP contribution in [0.3, 0.4) is 0 Å². The summed E-state index contributed by atoms with van der Waals surface area (Å²) < 4.78 is 2.69. The van der Waals surface area contributed by atoms with Crippen molar-refractivity contribution in [1.29, 1.82) is 0 Å². The van der Waals surface area contributed by atoms with Gasteiger partial charge in [0.1, 0.15) is 0 Å².